The van der Waals surface area contributed by atoms with Crippen LogP contribution in [0.4, 0.5) is 4.79 Å². The third kappa shape index (κ3) is 5.03. The molecule has 0 bridgehead atoms. The van der Waals surface area contributed by atoms with Crippen LogP contribution < -0.4 is 14.8 Å². The van der Waals surface area contributed by atoms with Gasteiger partial charge in [0, 0.05) is 18.5 Å². The number of hydrogen-bond donors (Lipinski definition) is 1. The Labute approximate surface area is 172 Å². The molecular weight excluding hydrogens is 366 g/mol. The van der Waals surface area contributed by atoms with Crippen molar-refractivity contribution in [1.82, 2.24) is 5.32 Å². The summed E-state index contributed by atoms with van der Waals surface area (Å²) in [5.74, 6) is 2.57. The summed E-state index contributed by atoms with van der Waals surface area (Å²) in [6, 6.07) is 14.7. The molecule has 0 unspecified atom stereocenters. The summed E-state index contributed by atoms with van der Waals surface area (Å²) in [5, 5.41) is 2.87. The van der Waals surface area contributed by atoms with Gasteiger partial charge in [-0.2, -0.15) is 0 Å². The van der Waals surface area contributed by atoms with Gasteiger partial charge in [0.05, 0.1) is 20.3 Å². The number of carbonyl (C=O) groups excluding carboxylic acids is 1. The molecule has 1 heterocycles. The number of rotatable bonds is 5. The van der Waals surface area contributed by atoms with Crippen LogP contribution in [-0.2, 0) is 17.6 Å². The Morgan fingerprint density at radius 1 is 1.10 bits per heavy atom. The number of ether oxygens (including phenoxy) is 3. The summed E-state index contributed by atoms with van der Waals surface area (Å²) in [6.07, 6.45) is 4.92. The van der Waals surface area contributed by atoms with Crippen LogP contribution in [0.3, 0.4) is 0 Å². The quantitative estimate of drug-likeness (QED) is 0.811. The van der Waals surface area contributed by atoms with Crippen molar-refractivity contribution >= 4 is 6.09 Å². The molecule has 2 atom stereocenters. The lowest BCUT2D eigenvalue weighted by atomic mass is 9.81. The molecule has 1 aliphatic heterocycles. The Bertz CT molecular complexity index is 851. The van der Waals surface area contributed by atoms with Gasteiger partial charge in [-0.15, -0.1) is 0 Å². The fourth-order valence-corrected chi connectivity index (χ4v) is 4.29. The Morgan fingerprint density at radius 3 is 2.90 bits per heavy atom. The number of carbonyl (C=O) groups is 1. The predicted molar refractivity (Wildman–Crippen MR) is 112 cm³/mol. The van der Waals surface area contributed by atoms with E-state index in [0.717, 1.165) is 50.2 Å². The molecule has 0 radical (unpaired) electrons. The van der Waals surface area contributed by atoms with Crippen molar-refractivity contribution in [3.63, 3.8) is 0 Å². The molecule has 2 aromatic rings. The monoisotopic (exact) mass is 395 g/mol. The minimum Gasteiger partial charge on any atom is -0.497 e. The molecule has 1 amide bonds. The van der Waals surface area contributed by atoms with E-state index in [2.05, 4.69) is 23.5 Å². The smallest absolute Gasteiger partial charge is 0.407 e. The lowest BCUT2D eigenvalue weighted by Gasteiger charge is -2.27. The van der Waals surface area contributed by atoms with Crippen LogP contribution in [0.5, 0.6) is 11.5 Å². The van der Waals surface area contributed by atoms with Crippen LogP contribution in [0.15, 0.2) is 42.5 Å². The summed E-state index contributed by atoms with van der Waals surface area (Å²) in [6.45, 7) is 1.87. The van der Waals surface area contributed by atoms with Gasteiger partial charge in [-0.3, -0.25) is 0 Å². The second-order valence-electron chi connectivity index (χ2n) is 7.98. The predicted octanol–water partition coefficient (Wildman–Crippen LogP) is 4.48. The molecule has 0 spiro atoms. The SMILES string of the molecule is COc1cccc(OC[C@@H]2CCc3cc([C@@H]4CCCOC(=O)NC4)ccc3C2)c1. The molecule has 2 aromatic carbocycles. The lowest BCUT2D eigenvalue weighted by Crippen LogP contribution is -2.31. The maximum atomic E-state index is 11.5. The molecule has 29 heavy (non-hydrogen) atoms. The van der Waals surface area contributed by atoms with Gasteiger partial charge >= 0.3 is 6.09 Å². The van der Waals surface area contributed by atoms with E-state index in [1.165, 1.54) is 16.7 Å². The summed E-state index contributed by atoms with van der Waals surface area (Å²) in [7, 11) is 1.67. The number of aryl methyl sites for hydroxylation is 1. The molecule has 154 valence electrons. The zero-order chi connectivity index (χ0) is 20.1. The van der Waals surface area contributed by atoms with Gasteiger partial charge < -0.3 is 19.5 Å². The third-order valence-corrected chi connectivity index (χ3v) is 5.98. The number of alkyl carbamates (subject to hydrolysis) is 1. The molecule has 1 aliphatic carbocycles. The van der Waals surface area contributed by atoms with E-state index in [4.69, 9.17) is 14.2 Å². The third-order valence-electron chi connectivity index (χ3n) is 5.98. The summed E-state index contributed by atoms with van der Waals surface area (Å²) < 4.78 is 16.4. The maximum absolute atomic E-state index is 11.5. The van der Waals surface area contributed by atoms with Crippen molar-refractivity contribution in [3.8, 4) is 11.5 Å². The summed E-state index contributed by atoms with van der Waals surface area (Å²) >= 11 is 0. The Balaban J connectivity index is 1.36. The van der Waals surface area contributed by atoms with Crippen molar-refractivity contribution in [3.05, 3.63) is 59.2 Å². The van der Waals surface area contributed by atoms with E-state index < -0.39 is 0 Å². The number of amides is 1. The van der Waals surface area contributed by atoms with E-state index in [1.807, 2.05) is 24.3 Å². The normalized spacial score (nSPS) is 21.8. The number of hydrogen-bond acceptors (Lipinski definition) is 4. The fraction of sp³-hybridized carbons (Fsp3) is 0.458. The second-order valence-corrected chi connectivity index (χ2v) is 7.98. The van der Waals surface area contributed by atoms with E-state index in [1.54, 1.807) is 7.11 Å². The van der Waals surface area contributed by atoms with E-state index in [0.29, 0.717) is 25.0 Å². The highest BCUT2D eigenvalue weighted by atomic mass is 16.5. The van der Waals surface area contributed by atoms with Gasteiger partial charge in [0.25, 0.3) is 0 Å². The highest BCUT2D eigenvalue weighted by Gasteiger charge is 2.22. The van der Waals surface area contributed by atoms with E-state index >= 15 is 0 Å². The second kappa shape index (κ2) is 9.21. The molecule has 1 N–H and O–H groups in total. The minimum absolute atomic E-state index is 0.300. The summed E-state index contributed by atoms with van der Waals surface area (Å²) in [4.78, 5) is 11.5. The van der Waals surface area contributed by atoms with Gasteiger partial charge in [0.2, 0.25) is 0 Å². The van der Waals surface area contributed by atoms with E-state index in [-0.39, 0.29) is 6.09 Å². The zero-order valence-corrected chi connectivity index (χ0v) is 17.0. The molecule has 4 rings (SSSR count). The minimum atomic E-state index is -0.300. The molecule has 1 fully saturated rings. The van der Waals surface area contributed by atoms with Crippen LogP contribution in [0, 0.1) is 5.92 Å². The van der Waals surface area contributed by atoms with Crippen molar-refractivity contribution in [1.29, 1.82) is 0 Å². The van der Waals surface area contributed by atoms with Crippen molar-refractivity contribution < 1.29 is 19.0 Å². The highest BCUT2D eigenvalue weighted by molar-refractivity contribution is 5.67. The average Bonchev–Trinajstić information content (AvgIpc) is 2.75. The molecule has 5 nitrogen and oxygen atoms in total. The fourth-order valence-electron chi connectivity index (χ4n) is 4.29. The first-order chi connectivity index (χ1) is 14.2. The number of nitrogens with one attached hydrogen (secondary N) is 1. The first kappa shape index (κ1) is 19.6. The standard InChI is InChI=1S/C24H29NO4/c1-27-22-5-2-6-23(14-22)29-16-17-7-8-19-13-20(10-9-18(19)12-17)21-4-3-11-28-24(26)25-15-21/h2,5-6,9-10,13-14,17,21H,3-4,7-8,11-12,15-16H2,1H3,(H,25,26)/t17-,21-/m1/s1. The zero-order valence-electron chi connectivity index (χ0n) is 17.0. The van der Waals surface area contributed by atoms with Crippen molar-refractivity contribution in [2.24, 2.45) is 5.92 Å². The molecular formula is C24H29NO4. The van der Waals surface area contributed by atoms with E-state index in [9.17, 15) is 4.79 Å². The number of methoxy groups -OCH3 is 1. The van der Waals surface area contributed by atoms with Gasteiger partial charge in [0.1, 0.15) is 11.5 Å². The molecule has 0 saturated carbocycles. The molecule has 2 aliphatic rings. The summed E-state index contributed by atoms with van der Waals surface area (Å²) in [5.41, 5.74) is 4.21. The van der Waals surface area contributed by atoms with Crippen LogP contribution >= 0.6 is 0 Å². The molecule has 5 heteroatoms. The number of fused-ring (bicyclic) bond motifs is 1. The topological polar surface area (TPSA) is 56.8 Å². The first-order valence-corrected chi connectivity index (χ1v) is 10.5. The van der Waals surface area contributed by atoms with Gasteiger partial charge in [-0.1, -0.05) is 24.3 Å². The Hall–Kier alpha value is -2.69. The van der Waals surface area contributed by atoms with Gasteiger partial charge in [-0.25, -0.2) is 4.79 Å². The Morgan fingerprint density at radius 2 is 2.00 bits per heavy atom. The lowest BCUT2D eigenvalue weighted by molar-refractivity contribution is 0.136. The first-order valence-electron chi connectivity index (χ1n) is 10.5. The van der Waals surface area contributed by atoms with Crippen LogP contribution in [-0.4, -0.2) is 33.0 Å². The Kier molecular flexibility index (Phi) is 6.23. The number of benzene rings is 2. The van der Waals surface area contributed by atoms with Crippen molar-refractivity contribution in [2.75, 3.05) is 26.9 Å². The van der Waals surface area contributed by atoms with Gasteiger partial charge in [0.15, 0.2) is 0 Å². The molecule has 1 saturated heterocycles. The average molecular weight is 395 g/mol. The van der Waals surface area contributed by atoms with Crippen LogP contribution in [0.2, 0.25) is 0 Å². The highest BCUT2D eigenvalue weighted by Crippen LogP contribution is 2.31. The molecule has 0 aromatic heterocycles. The van der Waals surface area contributed by atoms with Crippen LogP contribution in [0.25, 0.3) is 0 Å². The van der Waals surface area contributed by atoms with Gasteiger partial charge in [-0.05, 0) is 66.8 Å². The maximum Gasteiger partial charge on any atom is 0.407 e. The van der Waals surface area contributed by atoms with Crippen molar-refractivity contribution in [2.45, 2.75) is 38.0 Å². The largest absolute Gasteiger partial charge is 0.497 e. The number of cyclic esters (lactones) is 1. The van der Waals surface area contributed by atoms with Crippen LogP contribution in [0.1, 0.15) is 41.9 Å².